The molecule has 2 aromatic carbocycles. The van der Waals surface area contributed by atoms with Gasteiger partial charge in [-0.15, -0.1) is 5.92 Å². The number of nitrogens with zero attached hydrogens (tertiary/aromatic N) is 2. The third kappa shape index (κ3) is 3.64. The van der Waals surface area contributed by atoms with E-state index in [9.17, 15) is 9.00 Å². The summed E-state index contributed by atoms with van der Waals surface area (Å²) in [5.74, 6) is 6.20. The van der Waals surface area contributed by atoms with E-state index in [4.69, 9.17) is 11.6 Å². The molecule has 7 heteroatoms. The van der Waals surface area contributed by atoms with Crippen LogP contribution in [-0.4, -0.2) is 19.6 Å². The maximum atomic E-state index is 12.8. The molecule has 0 aliphatic carbocycles. The predicted molar refractivity (Wildman–Crippen MR) is 106 cm³/mol. The van der Waals surface area contributed by atoms with Crippen molar-refractivity contribution in [3.05, 3.63) is 63.7 Å². The van der Waals surface area contributed by atoms with Crippen molar-refractivity contribution in [2.75, 3.05) is 11.2 Å². The topological polar surface area (TPSA) is 64.0 Å². The molecule has 132 valence electrons. The number of aromatic nitrogens is 2. The van der Waals surface area contributed by atoms with Crippen LogP contribution in [0.5, 0.6) is 0 Å². The Hall–Kier alpha value is -2.62. The van der Waals surface area contributed by atoms with E-state index in [1.807, 2.05) is 13.0 Å². The van der Waals surface area contributed by atoms with Crippen LogP contribution in [0.25, 0.3) is 10.9 Å². The van der Waals surface area contributed by atoms with E-state index in [1.54, 1.807) is 37.3 Å². The van der Waals surface area contributed by atoms with Crippen molar-refractivity contribution in [3.63, 3.8) is 0 Å². The molecule has 1 unspecified atom stereocenters. The third-order valence-electron chi connectivity index (χ3n) is 3.72. The summed E-state index contributed by atoms with van der Waals surface area (Å²) in [6.07, 6.45) is 1.40. The highest BCUT2D eigenvalue weighted by molar-refractivity contribution is 7.85. The van der Waals surface area contributed by atoms with Gasteiger partial charge in [0.1, 0.15) is 6.33 Å². The minimum absolute atomic E-state index is 0.275. The molecule has 3 aromatic rings. The Morgan fingerprint density at radius 3 is 2.81 bits per heavy atom. The van der Waals surface area contributed by atoms with E-state index < -0.39 is 10.8 Å². The molecule has 5 nitrogen and oxygen atoms in total. The highest BCUT2D eigenvalue weighted by Gasteiger charge is 2.11. The van der Waals surface area contributed by atoms with Crippen molar-refractivity contribution >= 4 is 39.0 Å². The summed E-state index contributed by atoms with van der Waals surface area (Å²) in [6, 6.07) is 10.3. The number of fused-ring (bicyclic) bond motifs is 1. The van der Waals surface area contributed by atoms with Crippen LogP contribution >= 0.6 is 11.6 Å². The minimum atomic E-state index is -1.20. The van der Waals surface area contributed by atoms with Crippen LogP contribution in [0, 0.1) is 11.8 Å². The number of anilines is 1. The molecule has 0 radical (unpaired) electrons. The van der Waals surface area contributed by atoms with E-state index in [-0.39, 0.29) is 5.56 Å². The number of hydrogen-bond acceptors (Lipinski definition) is 4. The quantitative estimate of drug-likeness (QED) is 0.699. The van der Waals surface area contributed by atoms with Crippen molar-refractivity contribution in [2.45, 2.75) is 18.7 Å². The molecular formula is C19H16ClN3O2S. The van der Waals surface area contributed by atoms with E-state index in [2.05, 4.69) is 22.3 Å². The molecule has 0 spiro atoms. The Bertz CT molecular complexity index is 1130. The van der Waals surface area contributed by atoms with Gasteiger partial charge in [-0.05, 0) is 43.3 Å². The average Bonchev–Trinajstić information content (AvgIpc) is 2.64. The third-order valence-corrected chi connectivity index (χ3v) is 5.32. The van der Waals surface area contributed by atoms with E-state index in [0.717, 1.165) is 5.56 Å². The van der Waals surface area contributed by atoms with Gasteiger partial charge in [-0.25, -0.2) is 9.66 Å². The minimum Gasteiger partial charge on any atom is -0.289 e. The first-order valence-corrected chi connectivity index (χ1v) is 9.62. The lowest BCUT2D eigenvalue weighted by atomic mass is 10.1. The Morgan fingerprint density at radius 2 is 2.08 bits per heavy atom. The zero-order chi connectivity index (χ0) is 18.7. The molecule has 1 heterocycles. The Kier molecular flexibility index (Phi) is 5.40. The van der Waals surface area contributed by atoms with Gasteiger partial charge in [0.15, 0.2) is 0 Å². The van der Waals surface area contributed by atoms with Gasteiger partial charge in [0.2, 0.25) is 0 Å². The highest BCUT2D eigenvalue weighted by Crippen LogP contribution is 2.24. The molecule has 1 N–H and O–H groups in total. The maximum absolute atomic E-state index is 12.8. The van der Waals surface area contributed by atoms with Gasteiger partial charge in [0.25, 0.3) is 5.56 Å². The Balaban J connectivity index is 2.11. The first kappa shape index (κ1) is 18.2. The fourth-order valence-corrected chi connectivity index (χ4v) is 3.55. The molecule has 0 aliphatic rings. The van der Waals surface area contributed by atoms with Crippen LogP contribution in [0.4, 0.5) is 5.69 Å². The van der Waals surface area contributed by atoms with Crippen molar-refractivity contribution in [1.82, 2.24) is 9.66 Å². The second-order valence-electron chi connectivity index (χ2n) is 5.41. The molecule has 3 rings (SSSR count). The number of nitrogens with one attached hydrogen (secondary N) is 1. The lowest BCUT2D eigenvalue weighted by Crippen LogP contribution is -2.27. The molecule has 0 amide bonds. The second-order valence-corrected chi connectivity index (χ2v) is 7.56. The summed E-state index contributed by atoms with van der Waals surface area (Å²) in [5.41, 5.74) is 4.52. The molecule has 0 aliphatic heterocycles. The highest BCUT2D eigenvalue weighted by atomic mass is 35.5. The van der Waals surface area contributed by atoms with E-state index in [1.165, 1.54) is 11.0 Å². The van der Waals surface area contributed by atoms with Gasteiger partial charge < -0.3 is 0 Å². The van der Waals surface area contributed by atoms with Gasteiger partial charge in [0.05, 0.1) is 32.3 Å². The van der Waals surface area contributed by atoms with Crippen molar-refractivity contribution in [3.8, 4) is 11.8 Å². The van der Waals surface area contributed by atoms with Crippen molar-refractivity contribution in [1.29, 1.82) is 0 Å². The predicted octanol–water partition coefficient (Wildman–Crippen LogP) is 3.42. The van der Waals surface area contributed by atoms with Crippen LogP contribution in [0.3, 0.4) is 0 Å². The molecule has 0 saturated heterocycles. The van der Waals surface area contributed by atoms with Gasteiger partial charge in [0, 0.05) is 16.3 Å². The average molecular weight is 386 g/mol. The molecule has 0 saturated carbocycles. The normalized spacial score (nSPS) is 11.7. The molecule has 0 fully saturated rings. The fraction of sp³-hybridized carbons (Fsp3) is 0.158. The molecule has 1 atom stereocenters. The van der Waals surface area contributed by atoms with Crippen LogP contribution in [0.1, 0.15) is 19.4 Å². The van der Waals surface area contributed by atoms with Gasteiger partial charge >= 0.3 is 0 Å². The largest absolute Gasteiger partial charge is 0.289 e. The SMILES string of the molecule is CC#Cc1ccc2ncn(Nc3cc(Cl)ccc3S(=O)CC)c(=O)c2c1. The molecular weight excluding hydrogens is 370 g/mol. The summed E-state index contributed by atoms with van der Waals surface area (Å²) in [7, 11) is -1.20. The Labute approximate surface area is 158 Å². The van der Waals surface area contributed by atoms with Crippen LogP contribution < -0.4 is 11.0 Å². The molecule has 1 aromatic heterocycles. The standard InChI is InChI=1S/C19H16ClN3O2S/c1-3-5-13-6-8-16-15(10-13)19(24)23(12-21-16)22-17-11-14(20)7-9-18(17)26(25)4-2/h6-12,22H,4H2,1-2H3. The Morgan fingerprint density at radius 1 is 1.27 bits per heavy atom. The monoisotopic (exact) mass is 385 g/mol. The van der Waals surface area contributed by atoms with Gasteiger partial charge in [-0.2, -0.15) is 0 Å². The summed E-state index contributed by atoms with van der Waals surface area (Å²) < 4.78 is 13.5. The van der Waals surface area contributed by atoms with Crippen LogP contribution in [-0.2, 0) is 10.8 Å². The van der Waals surface area contributed by atoms with Crippen LogP contribution in [0.15, 0.2) is 52.4 Å². The van der Waals surface area contributed by atoms with Crippen LogP contribution in [0.2, 0.25) is 5.02 Å². The number of halogens is 1. The lowest BCUT2D eigenvalue weighted by molar-refractivity contribution is 0.684. The summed E-state index contributed by atoms with van der Waals surface area (Å²) in [6.45, 7) is 3.57. The number of benzene rings is 2. The number of rotatable bonds is 4. The van der Waals surface area contributed by atoms with Crippen molar-refractivity contribution < 1.29 is 4.21 Å². The lowest BCUT2D eigenvalue weighted by Gasteiger charge is -2.13. The van der Waals surface area contributed by atoms with Gasteiger partial charge in [-0.1, -0.05) is 24.4 Å². The summed E-state index contributed by atoms with van der Waals surface area (Å²) in [4.78, 5) is 17.7. The zero-order valence-corrected chi connectivity index (χ0v) is 15.8. The first-order valence-electron chi connectivity index (χ1n) is 7.92. The summed E-state index contributed by atoms with van der Waals surface area (Å²) >= 11 is 6.06. The smallest absolute Gasteiger partial charge is 0.280 e. The maximum Gasteiger partial charge on any atom is 0.280 e. The van der Waals surface area contributed by atoms with E-state index >= 15 is 0 Å². The van der Waals surface area contributed by atoms with Crippen molar-refractivity contribution in [2.24, 2.45) is 0 Å². The van der Waals surface area contributed by atoms with E-state index in [0.29, 0.717) is 32.3 Å². The first-order chi connectivity index (χ1) is 12.5. The second kappa shape index (κ2) is 7.73. The fourth-order valence-electron chi connectivity index (χ4n) is 2.50. The zero-order valence-electron chi connectivity index (χ0n) is 14.2. The van der Waals surface area contributed by atoms with Gasteiger partial charge in [-0.3, -0.25) is 14.4 Å². The molecule has 26 heavy (non-hydrogen) atoms. The summed E-state index contributed by atoms with van der Waals surface area (Å²) in [5, 5.41) is 0.923. The number of hydrogen-bond donors (Lipinski definition) is 1. The molecule has 0 bridgehead atoms.